The number of benzene rings is 1. The molecule has 1 aliphatic rings. The van der Waals surface area contributed by atoms with Crippen LogP contribution in [0.5, 0.6) is 0 Å². The summed E-state index contributed by atoms with van der Waals surface area (Å²) in [4.78, 5) is 26.9. The monoisotopic (exact) mass is 278 g/mol. The summed E-state index contributed by atoms with van der Waals surface area (Å²) in [6, 6.07) is 7.65. The number of ether oxygens (including phenoxy) is 2. The van der Waals surface area contributed by atoms with Crippen molar-refractivity contribution in [3.8, 4) is 0 Å². The summed E-state index contributed by atoms with van der Waals surface area (Å²) in [5.41, 5.74) is 1.82. The van der Waals surface area contributed by atoms with Crippen molar-refractivity contribution in [1.29, 1.82) is 0 Å². The van der Waals surface area contributed by atoms with Gasteiger partial charge in [0.25, 0.3) is 0 Å². The second-order valence-corrected chi connectivity index (χ2v) is 4.53. The molecule has 0 spiro atoms. The van der Waals surface area contributed by atoms with Crippen LogP contribution in [-0.2, 0) is 19.1 Å². The van der Waals surface area contributed by atoms with Gasteiger partial charge in [-0.3, -0.25) is 9.59 Å². The van der Waals surface area contributed by atoms with Crippen LogP contribution in [0.1, 0.15) is 6.92 Å². The number of rotatable bonds is 4. The molecule has 20 heavy (non-hydrogen) atoms. The number of anilines is 2. The van der Waals surface area contributed by atoms with E-state index >= 15 is 0 Å². The molecule has 0 N–H and O–H groups in total. The van der Waals surface area contributed by atoms with Crippen LogP contribution in [0.15, 0.2) is 24.3 Å². The standard InChI is InChI=1S/C14H18N2O4/c1-10-15(8-13(17)19-2)11-6-4-5-7-12(11)16(10)9-14(18)20-3/h4-7,10H,8-9H2,1-3H3. The first-order valence-corrected chi connectivity index (χ1v) is 6.34. The highest BCUT2D eigenvalue weighted by molar-refractivity contribution is 5.87. The van der Waals surface area contributed by atoms with Crippen LogP contribution in [0.4, 0.5) is 11.4 Å². The van der Waals surface area contributed by atoms with Gasteiger partial charge in [0.2, 0.25) is 0 Å². The minimum Gasteiger partial charge on any atom is -0.468 e. The molecule has 1 aromatic carbocycles. The highest BCUT2D eigenvalue weighted by Crippen LogP contribution is 2.38. The van der Waals surface area contributed by atoms with E-state index in [9.17, 15) is 9.59 Å². The van der Waals surface area contributed by atoms with Crippen molar-refractivity contribution >= 4 is 23.3 Å². The molecule has 0 saturated carbocycles. The maximum absolute atomic E-state index is 11.5. The molecule has 0 amide bonds. The topological polar surface area (TPSA) is 59.1 Å². The molecule has 108 valence electrons. The average molecular weight is 278 g/mol. The van der Waals surface area contributed by atoms with Crippen LogP contribution in [0.25, 0.3) is 0 Å². The summed E-state index contributed by atoms with van der Waals surface area (Å²) >= 11 is 0. The lowest BCUT2D eigenvalue weighted by molar-refractivity contribution is -0.139. The average Bonchev–Trinajstić information content (AvgIpc) is 2.72. The predicted octanol–water partition coefficient (Wildman–Crippen LogP) is 1.00. The Hall–Kier alpha value is -2.24. The molecule has 1 heterocycles. The lowest BCUT2D eigenvalue weighted by Crippen LogP contribution is -2.45. The van der Waals surface area contributed by atoms with Crippen molar-refractivity contribution in [2.75, 3.05) is 37.1 Å². The first-order valence-electron chi connectivity index (χ1n) is 6.34. The molecule has 2 rings (SSSR count). The molecule has 0 bridgehead atoms. The Kier molecular flexibility index (Phi) is 4.12. The molecule has 6 heteroatoms. The predicted molar refractivity (Wildman–Crippen MR) is 74.6 cm³/mol. The summed E-state index contributed by atoms with van der Waals surface area (Å²) in [6.45, 7) is 2.23. The fourth-order valence-electron chi connectivity index (χ4n) is 2.36. The normalized spacial score (nSPS) is 14.2. The Bertz CT molecular complexity index is 473. The highest BCUT2D eigenvalue weighted by atomic mass is 16.5. The van der Waals surface area contributed by atoms with E-state index in [0.717, 1.165) is 11.4 Å². The maximum atomic E-state index is 11.5. The molecule has 0 fully saturated rings. The zero-order chi connectivity index (χ0) is 14.7. The molecule has 6 nitrogen and oxygen atoms in total. The first-order chi connectivity index (χ1) is 9.58. The second-order valence-electron chi connectivity index (χ2n) is 4.53. The van der Waals surface area contributed by atoms with Crippen molar-refractivity contribution in [2.45, 2.75) is 13.1 Å². The molecule has 0 aromatic heterocycles. The molecule has 0 radical (unpaired) electrons. The Labute approximate surface area is 117 Å². The van der Waals surface area contributed by atoms with E-state index in [0.29, 0.717) is 0 Å². The summed E-state index contributed by atoms with van der Waals surface area (Å²) in [6.07, 6.45) is -0.120. The van der Waals surface area contributed by atoms with Crippen LogP contribution in [0.2, 0.25) is 0 Å². The lowest BCUT2D eigenvalue weighted by atomic mass is 10.2. The number of fused-ring (bicyclic) bond motifs is 1. The van der Waals surface area contributed by atoms with Crippen LogP contribution in [0, 0.1) is 0 Å². The fourth-order valence-corrected chi connectivity index (χ4v) is 2.36. The minimum absolute atomic E-state index is 0.120. The Morgan fingerprint density at radius 1 is 1.00 bits per heavy atom. The third kappa shape index (κ3) is 2.54. The van der Waals surface area contributed by atoms with Gasteiger partial charge in [0.15, 0.2) is 0 Å². The van der Waals surface area contributed by atoms with Crippen LogP contribution in [0.3, 0.4) is 0 Å². The van der Waals surface area contributed by atoms with Crippen LogP contribution in [-0.4, -0.2) is 45.4 Å². The van der Waals surface area contributed by atoms with Crippen LogP contribution >= 0.6 is 0 Å². The number of nitrogens with zero attached hydrogens (tertiary/aromatic N) is 2. The van der Waals surface area contributed by atoms with Gasteiger partial charge in [-0.2, -0.15) is 0 Å². The van der Waals surface area contributed by atoms with E-state index in [1.807, 2.05) is 41.0 Å². The van der Waals surface area contributed by atoms with Gasteiger partial charge in [-0.1, -0.05) is 12.1 Å². The molecule has 0 saturated heterocycles. The summed E-state index contributed by atoms with van der Waals surface area (Å²) in [5.74, 6) is -0.627. The minimum atomic E-state index is -0.313. The van der Waals surface area contributed by atoms with Gasteiger partial charge < -0.3 is 19.3 Å². The van der Waals surface area contributed by atoms with E-state index in [1.54, 1.807) is 0 Å². The summed E-state index contributed by atoms with van der Waals surface area (Å²) in [5, 5.41) is 0. The van der Waals surface area contributed by atoms with Gasteiger partial charge in [0, 0.05) is 0 Å². The number of carbonyl (C=O) groups is 2. The number of esters is 2. The number of carbonyl (C=O) groups excluding carboxylic acids is 2. The quantitative estimate of drug-likeness (QED) is 0.766. The third-order valence-electron chi connectivity index (χ3n) is 3.46. The first kappa shape index (κ1) is 14.2. The van der Waals surface area contributed by atoms with Crippen LogP contribution < -0.4 is 9.80 Å². The molecule has 0 aliphatic carbocycles. The molecule has 0 atom stereocenters. The summed E-state index contributed by atoms with van der Waals surface area (Å²) in [7, 11) is 2.72. The Balaban J connectivity index is 2.29. The van der Waals surface area contributed by atoms with E-state index in [-0.39, 0.29) is 31.2 Å². The third-order valence-corrected chi connectivity index (χ3v) is 3.46. The molecule has 1 aliphatic heterocycles. The molecular formula is C14H18N2O4. The van der Waals surface area contributed by atoms with E-state index in [2.05, 4.69) is 0 Å². The second kappa shape index (κ2) is 5.81. The highest BCUT2D eigenvalue weighted by Gasteiger charge is 2.34. The van der Waals surface area contributed by atoms with Gasteiger partial charge in [-0.15, -0.1) is 0 Å². The van der Waals surface area contributed by atoms with Crippen molar-refractivity contribution in [1.82, 2.24) is 0 Å². The zero-order valence-corrected chi connectivity index (χ0v) is 11.8. The van der Waals surface area contributed by atoms with Gasteiger partial charge in [-0.25, -0.2) is 0 Å². The van der Waals surface area contributed by atoms with E-state index < -0.39 is 0 Å². The number of methoxy groups -OCH3 is 2. The van der Waals surface area contributed by atoms with Crippen molar-refractivity contribution in [3.63, 3.8) is 0 Å². The Morgan fingerprint density at radius 2 is 1.40 bits per heavy atom. The fraction of sp³-hybridized carbons (Fsp3) is 0.429. The smallest absolute Gasteiger partial charge is 0.325 e. The molecule has 1 aromatic rings. The van der Waals surface area contributed by atoms with E-state index in [4.69, 9.17) is 9.47 Å². The van der Waals surface area contributed by atoms with E-state index in [1.165, 1.54) is 14.2 Å². The lowest BCUT2D eigenvalue weighted by Gasteiger charge is -2.28. The Morgan fingerprint density at radius 3 is 1.75 bits per heavy atom. The largest absolute Gasteiger partial charge is 0.468 e. The van der Waals surface area contributed by atoms with Gasteiger partial charge in [-0.05, 0) is 19.1 Å². The van der Waals surface area contributed by atoms with Gasteiger partial charge in [0.05, 0.1) is 25.6 Å². The zero-order valence-electron chi connectivity index (χ0n) is 11.8. The SMILES string of the molecule is COC(=O)CN1c2ccccc2N(CC(=O)OC)C1C. The van der Waals surface area contributed by atoms with Crippen molar-refractivity contribution in [3.05, 3.63) is 24.3 Å². The number of para-hydroxylation sites is 2. The van der Waals surface area contributed by atoms with Crippen molar-refractivity contribution in [2.24, 2.45) is 0 Å². The molecule has 0 unspecified atom stereocenters. The number of hydrogen-bond acceptors (Lipinski definition) is 6. The van der Waals surface area contributed by atoms with Gasteiger partial charge in [0.1, 0.15) is 19.3 Å². The van der Waals surface area contributed by atoms with Gasteiger partial charge >= 0.3 is 11.9 Å². The number of hydrogen-bond donors (Lipinski definition) is 0. The van der Waals surface area contributed by atoms with Crippen molar-refractivity contribution < 1.29 is 19.1 Å². The molecular weight excluding hydrogens is 260 g/mol. The summed E-state index contributed by atoms with van der Waals surface area (Å²) < 4.78 is 9.44. The maximum Gasteiger partial charge on any atom is 0.325 e.